The van der Waals surface area contributed by atoms with Crippen molar-refractivity contribution in [3.05, 3.63) is 59.5 Å². The van der Waals surface area contributed by atoms with Gasteiger partial charge in [0.2, 0.25) is 5.79 Å². The summed E-state index contributed by atoms with van der Waals surface area (Å²) in [6.45, 7) is 18.0. The lowest BCUT2D eigenvalue weighted by Gasteiger charge is -2.42. The van der Waals surface area contributed by atoms with E-state index < -0.39 is 77.8 Å². The molecule has 18 nitrogen and oxygen atoms in total. The van der Waals surface area contributed by atoms with Gasteiger partial charge >= 0.3 is 5.97 Å². The van der Waals surface area contributed by atoms with Crippen LogP contribution in [0.3, 0.4) is 0 Å². The summed E-state index contributed by atoms with van der Waals surface area (Å²) in [4.78, 5) is 75.4. The lowest BCUT2D eigenvalue weighted by atomic mass is 9.74. The fraction of sp³-hybridized carbons (Fsp3) is 0.754. The Labute approximate surface area is 470 Å². The van der Waals surface area contributed by atoms with E-state index in [4.69, 9.17) is 28.4 Å². The number of carbonyl (C=O) groups excluding carboxylic acids is 5. The third-order valence-electron chi connectivity index (χ3n) is 17.8. The summed E-state index contributed by atoms with van der Waals surface area (Å²) in [6, 6.07) is -1.14. The first-order chi connectivity index (χ1) is 37.8. The lowest BCUT2D eigenvalue weighted by Crippen LogP contribution is -2.61. The fourth-order valence-electron chi connectivity index (χ4n) is 12.5. The van der Waals surface area contributed by atoms with Crippen molar-refractivity contribution in [3.8, 4) is 0 Å². The normalized spacial score (nSPS) is 36.8. The number of carbonyl (C=O) groups is 5. The summed E-state index contributed by atoms with van der Waals surface area (Å²) < 4.78 is 37.7. The Morgan fingerprint density at radius 3 is 2.33 bits per heavy atom. The Balaban J connectivity index is 1.22. The van der Waals surface area contributed by atoms with Gasteiger partial charge in [-0.25, -0.2) is 4.79 Å². The number of allylic oxidation sites excluding steroid dienone is 6. The Bertz CT molecular complexity index is 2290. The molecule has 1 aliphatic carbocycles. The minimum atomic E-state index is -2.43. The molecule has 1 aromatic heterocycles. The van der Waals surface area contributed by atoms with Crippen molar-refractivity contribution in [2.24, 2.45) is 41.4 Å². The number of aliphatic hydroxyl groups excluding tert-OH is 1. The number of Topliss-reactive ketones (excluding diaryl/α,β-unsaturated/α-hetero) is 3. The highest BCUT2D eigenvalue weighted by Crippen LogP contribution is 2.39. The summed E-state index contributed by atoms with van der Waals surface area (Å²) in [5.41, 5.74) is 2.24. The number of hydrogen-bond acceptors (Lipinski definition) is 16. The van der Waals surface area contributed by atoms with Crippen LogP contribution in [0.4, 0.5) is 0 Å². The molecule has 3 saturated heterocycles. The van der Waals surface area contributed by atoms with Crippen LogP contribution in [0.25, 0.3) is 0 Å². The summed E-state index contributed by atoms with van der Waals surface area (Å²) in [6.07, 6.45) is 16.8. The van der Waals surface area contributed by atoms with E-state index in [0.29, 0.717) is 56.4 Å². The van der Waals surface area contributed by atoms with Gasteiger partial charge in [-0.2, -0.15) is 0 Å². The second-order valence-electron chi connectivity index (χ2n) is 23.7. The predicted molar refractivity (Wildman–Crippen MR) is 298 cm³/mol. The van der Waals surface area contributed by atoms with Gasteiger partial charge < -0.3 is 43.5 Å². The SMILES string of the molecule is CO[C@H]1C[C@@H]2CC[C@@H](C)[C@@](O)(O2)C(=O)C(=O)N2CCCC[C@H]2C(=O)O[C@H]([C@H](C)C[C@@H]2CC[C@@H](CCc3cn(CCN4CCOCC4)nn3)[C@H](OC)C2)CC(=O)[C@H](C)/C=C(\C)[C@@H](O)[C@@H](OC)C(=O)[C@H](C)C[C@H](C)/C=C/C=C/C=C/1C. The van der Waals surface area contributed by atoms with E-state index in [1.54, 1.807) is 41.1 Å². The molecule has 79 heavy (non-hydrogen) atoms. The number of ether oxygens (including phenoxy) is 6. The van der Waals surface area contributed by atoms with Gasteiger partial charge in [0.1, 0.15) is 30.1 Å². The van der Waals surface area contributed by atoms with Gasteiger partial charge in [0.25, 0.3) is 11.7 Å². The van der Waals surface area contributed by atoms with E-state index in [0.717, 1.165) is 82.8 Å². The summed E-state index contributed by atoms with van der Waals surface area (Å²) >= 11 is 0. The summed E-state index contributed by atoms with van der Waals surface area (Å²) in [5.74, 6) is -7.47. The van der Waals surface area contributed by atoms with Crippen molar-refractivity contribution in [3.63, 3.8) is 0 Å². The highest BCUT2D eigenvalue weighted by atomic mass is 16.6. The Morgan fingerprint density at radius 2 is 1.61 bits per heavy atom. The van der Waals surface area contributed by atoms with Crippen molar-refractivity contribution < 1.29 is 62.6 Å². The number of fused-ring (bicyclic) bond motifs is 3. The third kappa shape index (κ3) is 17.6. The molecule has 5 aliphatic rings. The first-order valence-electron chi connectivity index (χ1n) is 29.4. The van der Waals surface area contributed by atoms with Crippen molar-refractivity contribution in [2.45, 2.75) is 193 Å². The average Bonchev–Trinajstić information content (AvgIpc) is 3.94. The summed E-state index contributed by atoms with van der Waals surface area (Å²) in [7, 11) is 4.73. The van der Waals surface area contributed by atoms with E-state index in [2.05, 4.69) is 15.2 Å². The fourth-order valence-corrected chi connectivity index (χ4v) is 12.5. The number of methoxy groups -OCH3 is 3. The molecule has 0 aromatic carbocycles. The van der Waals surface area contributed by atoms with Crippen LogP contribution in [0.5, 0.6) is 0 Å². The molecule has 5 heterocycles. The number of amides is 1. The molecule has 0 spiro atoms. The van der Waals surface area contributed by atoms with Crippen molar-refractivity contribution >= 4 is 29.2 Å². The van der Waals surface area contributed by atoms with E-state index in [-0.39, 0.29) is 54.8 Å². The molecular formula is C61H95N5O13. The van der Waals surface area contributed by atoms with E-state index in [1.807, 2.05) is 69.0 Å². The number of aryl methyl sites for hydroxylation is 1. The highest BCUT2D eigenvalue weighted by Gasteiger charge is 2.53. The smallest absolute Gasteiger partial charge is 0.329 e. The van der Waals surface area contributed by atoms with Crippen LogP contribution in [0.2, 0.25) is 0 Å². The van der Waals surface area contributed by atoms with Crippen LogP contribution < -0.4 is 0 Å². The Kier molecular flexibility index (Phi) is 24.8. The molecule has 0 radical (unpaired) electrons. The lowest BCUT2D eigenvalue weighted by molar-refractivity contribution is -0.265. The van der Waals surface area contributed by atoms with Crippen molar-refractivity contribution in [1.82, 2.24) is 24.8 Å². The number of ketones is 3. The molecule has 2 N–H and O–H groups in total. The van der Waals surface area contributed by atoms with Crippen molar-refractivity contribution in [1.29, 1.82) is 0 Å². The standard InChI is InChI=1S/C61H95N5O13/c1-39-16-12-11-13-17-40(2)52(74-8)36-49-24-19-45(7)61(73,79-49)58(70)59(71)66-25-15-14-18-50(66)60(72)78-53(37-51(67)41(3)33-44(6)56(69)57(76-10)55(68)43(5)32-39)42(4)34-46-20-21-47(54(35-46)75-9)22-23-48-38-65(63-62-48)27-26-64-28-30-77-31-29-64/h11-13,16-17,33,38-39,41-43,45-47,49-50,52-54,56-57,69,73H,14-15,18-32,34-37H2,1-10H3/b13-11+,16-12+,40-17+,44-33+/t39-,41-,42-,43-,45-,46+,47+,49+,50+,52+,53+,54-,56-,57+,61-/m1/s1. The minimum absolute atomic E-state index is 0.00843. The van der Waals surface area contributed by atoms with E-state index in [1.165, 1.54) is 12.0 Å². The quantitative estimate of drug-likeness (QED) is 0.122. The molecule has 1 aromatic rings. The Hall–Kier alpha value is -4.27. The third-order valence-corrected chi connectivity index (χ3v) is 17.8. The topological polar surface area (TPSA) is 218 Å². The number of aromatic nitrogens is 3. The number of aliphatic hydroxyl groups is 2. The van der Waals surface area contributed by atoms with Crippen LogP contribution in [-0.4, -0.2) is 173 Å². The van der Waals surface area contributed by atoms with Gasteiger partial charge in [-0.05, 0) is 126 Å². The monoisotopic (exact) mass is 1110 g/mol. The van der Waals surface area contributed by atoms with Crippen LogP contribution in [0, 0.1) is 41.4 Å². The molecule has 1 amide bonds. The van der Waals surface area contributed by atoms with Crippen LogP contribution in [0.1, 0.15) is 138 Å². The second-order valence-corrected chi connectivity index (χ2v) is 23.7. The zero-order valence-electron chi connectivity index (χ0n) is 49.1. The van der Waals surface area contributed by atoms with Crippen LogP contribution >= 0.6 is 0 Å². The molecule has 15 atom stereocenters. The molecule has 4 aliphatic heterocycles. The van der Waals surface area contributed by atoms with Crippen molar-refractivity contribution in [2.75, 3.05) is 60.7 Å². The number of esters is 1. The maximum absolute atomic E-state index is 14.7. The van der Waals surface area contributed by atoms with Gasteiger partial charge in [0.05, 0.1) is 43.8 Å². The summed E-state index contributed by atoms with van der Waals surface area (Å²) in [5, 5.41) is 32.5. The Morgan fingerprint density at radius 1 is 0.848 bits per heavy atom. The number of morpholine rings is 1. The maximum atomic E-state index is 14.7. The first kappa shape index (κ1) is 63.9. The molecule has 4 fully saturated rings. The maximum Gasteiger partial charge on any atom is 0.329 e. The predicted octanol–water partition coefficient (Wildman–Crippen LogP) is 6.99. The zero-order valence-corrected chi connectivity index (χ0v) is 49.1. The van der Waals surface area contributed by atoms with E-state index >= 15 is 0 Å². The zero-order chi connectivity index (χ0) is 57.4. The molecule has 2 bridgehead atoms. The molecular weight excluding hydrogens is 1010 g/mol. The molecule has 0 unspecified atom stereocenters. The number of hydrogen-bond donors (Lipinski definition) is 2. The molecule has 18 heteroatoms. The van der Waals surface area contributed by atoms with Gasteiger partial charge in [-0.1, -0.05) is 76.3 Å². The number of piperidine rings is 1. The number of cyclic esters (lactones) is 1. The van der Waals surface area contributed by atoms with E-state index in [9.17, 15) is 34.2 Å². The van der Waals surface area contributed by atoms with Crippen LogP contribution in [0.15, 0.2) is 53.8 Å². The first-order valence-corrected chi connectivity index (χ1v) is 29.4. The largest absolute Gasteiger partial charge is 0.460 e. The van der Waals surface area contributed by atoms with Gasteiger partial charge in [-0.15, -0.1) is 5.10 Å². The number of rotatable bonds is 12. The molecule has 442 valence electrons. The van der Waals surface area contributed by atoms with Crippen LogP contribution in [-0.2, 0) is 65.4 Å². The van der Waals surface area contributed by atoms with Gasteiger partial charge in [0, 0.05) is 84.3 Å². The average molecular weight is 1110 g/mol. The van der Waals surface area contributed by atoms with Gasteiger partial charge in [-0.3, -0.25) is 28.8 Å². The minimum Gasteiger partial charge on any atom is -0.460 e. The second kappa shape index (κ2) is 30.7. The number of nitrogens with zero attached hydrogens (tertiary/aromatic N) is 5. The van der Waals surface area contributed by atoms with Gasteiger partial charge in [0.15, 0.2) is 5.78 Å². The molecule has 1 saturated carbocycles. The molecule has 6 rings (SSSR count). The highest BCUT2D eigenvalue weighted by molar-refractivity contribution is 6.39.